The van der Waals surface area contributed by atoms with Crippen LogP contribution in [0.4, 0.5) is 0 Å². The van der Waals surface area contributed by atoms with Crippen LogP contribution in [-0.4, -0.2) is 9.13 Å². The van der Waals surface area contributed by atoms with Gasteiger partial charge in [-0.1, -0.05) is 23.2 Å². The molecule has 0 fully saturated rings. The predicted octanol–water partition coefficient (Wildman–Crippen LogP) is 1.52. The normalized spacial score (nSPS) is 15.1. The van der Waals surface area contributed by atoms with Crippen molar-refractivity contribution in [1.82, 2.24) is 9.13 Å². The Morgan fingerprint density at radius 2 is 1.79 bits per heavy atom. The molecule has 0 N–H and O–H groups in total. The van der Waals surface area contributed by atoms with E-state index in [1.165, 1.54) is 16.8 Å². The van der Waals surface area contributed by atoms with Gasteiger partial charge in [0.15, 0.2) is 0 Å². The Kier molecular flexibility index (Phi) is 3.39. The van der Waals surface area contributed by atoms with Crippen molar-refractivity contribution in [2.24, 2.45) is 0 Å². The fourth-order valence-corrected chi connectivity index (χ4v) is 1.43. The molecule has 0 radical (unpaired) electrons. The number of halogens is 2. The van der Waals surface area contributed by atoms with Gasteiger partial charge in [-0.2, -0.15) is 0 Å². The second kappa shape index (κ2) is 4.19. The van der Waals surface area contributed by atoms with Gasteiger partial charge in [-0.15, -0.1) is 0 Å². The van der Waals surface area contributed by atoms with Gasteiger partial charge in [0.1, 0.15) is 11.0 Å². The summed E-state index contributed by atoms with van der Waals surface area (Å²) in [6.45, 7) is 3.18. The van der Waals surface area contributed by atoms with Gasteiger partial charge in [0.05, 0.1) is 0 Å². The fraction of sp³-hybridized carbons (Fsp3) is 0.500. The van der Waals surface area contributed by atoms with Crippen molar-refractivity contribution in [3.8, 4) is 0 Å². The number of aromatic nitrogens is 2. The van der Waals surface area contributed by atoms with E-state index in [1.54, 1.807) is 13.8 Å². The minimum atomic E-state index is -0.683. The van der Waals surface area contributed by atoms with Crippen LogP contribution in [0.3, 0.4) is 0 Å². The summed E-state index contributed by atoms with van der Waals surface area (Å²) >= 11 is 11.4. The third kappa shape index (κ3) is 2.01. The minimum Gasteiger partial charge on any atom is -0.284 e. The zero-order chi connectivity index (χ0) is 10.9. The maximum Gasteiger partial charge on any atom is 0.333 e. The largest absolute Gasteiger partial charge is 0.333 e. The van der Waals surface area contributed by atoms with Crippen molar-refractivity contribution in [3.05, 3.63) is 33.1 Å². The van der Waals surface area contributed by atoms with E-state index >= 15 is 0 Å². The highest BCUT2D eigenvalue weighted by Gasteiger charge is 2.11. The van der Waals surface area contributed by atoms with Gasteiger partial charge in [-0.25, -0.2) is 9.36 Å². The Balaban J connectivity index is 3.50. The molecule has 0 bridgehead atoms. The summed E-state index contributed by atoms with van der Waals surface area (Å²) in [4.78, 5) is 22.9. The van der Waals surface area contributed by atoms with Crippen LogP contribution < -0.4 is 11.2 Å². The molecule has 0 saturated carbocycles. The zero-order valence-corrected chi connectivity index (χ0v) is 9.29. The second-order valence-corrected chi connectivity index (χ2v) is 4.13. The molecular weight excluding hydrogens is 227 g/mol. The second-order valence-electron chi connectivity index (χ2n) is 2.86. The SMILES string of the molecule is CC(Cl)n1ccc(=O)n(C(C)Cl)c1=O. The van der Waals surface area contributed by atoms with Crippen LogP contribution in [0.2, 0.25) is 0 Å². The maximum atomic E-state index is 11.6. The van der Waals surface area contributed by atoms with Crippen molar-refractivity contribution in [3.63, 3.8) is 0 Å². The highest BCUT2D eigenvalue weighted by molar-refractivity contribution is 6.19. The maximum absolute atomic E-state index is 11.6. The topological polar surface area (TPSA) is 44.0 Å². The molecule has 1 aromatic rings. The van der Waals surface area contributed by atoms with Crippen molar-refractivity contribution >= 4 is 23.2 Å². The summed E-state index contributed by atoms with van der Waals surface area (Å²) < 4.78 is 2.18. The number of rotatable bonds is 2. The molecule has 0 saturated heterocycles. The Hall–Kier alpha value is -0.740. The molecule has 2 atom stereocenters. The number of nitrogens with zero attached hydrogens (tertiary/aromatic N) is 2. The first-order valence-electron chi connectivity index (χ1n) is 4.07. The van der Waals surface area contributed by atoms with E-state index in [9.17, 15) is 9.59 Å². The zero-order valence-electron chi connectivity index (χ0n) is 7.78. The molecule has 0 aromatic carbocycles. The fourth-order valence-electron chi connectivity index (χ4n) is 1.11. The smallest absolute Gasteiger partial charge is 0.284 e. The van der Waals surface area contributed by atoms with Gasteiger partial charge in [0.2, 0.25) is 0 Å². The van der Waals surface area contributed by atoms with Crippen LogP contribution in [0.15, 0.2) is 21.9 Å². The van der Waals surface area contributed by atoms with E-state index < -0.39 is 22.3 Å². The van der Waals surface area contributed by atoms with Gasteiger partial charge < -0.3 is 0 Å². The van der Waals surface area contributed by atoms with Crippen molar-refractivity contribution in [2.75, 3.05) is 0 Å². The average molecular weight is 237 g/mol. The van der Waals surface area contributed by atoms with Crippen LogP contribution in [0.5, 0.6) is 0 Å². The van der Waals surface area contributed by atoms with Crippen LogP contribution in [0.25, 0.3) is 0 Å². The molecule has 2 unspecified atom stereocenters. The van der Waals surface area contributed by atoms with Gasteiger partial charge in [-0.3, -0.25) is 9.36 Å². The van der Waals surface area contributed by atoms with E-state index in [1.807, 2.05) is 0 Å². The molecule has 1 rings (SSSR count). The van der Waals surface area contributed by atoms with Crippen LogP contribution in [0, 0.1) is 0 Å². The third-order valence-corrected chi connectivity index (χ3v) is 2.19. The monoisotopic (exact) mass is 236 g/mol. The third-order valence-electron chi connectivity index (χ3n) is 1.78. The Morgan fingerprint density at radius 3 is 2.21 bits per heavy atom. The Bertz CT molecular complexity index is 434. The summed E-state index contributed by atoms with van der Waals surface area (Å²) in [5, 5.41) is 0. The number of hydrogen-bond donors (Lipinski definition) is 0. The molecule has 78 valence electrons. The van der Waals surface area contributed by atoms with Crippen molar-refractivity contribution < 1.29 is 0 Å². The summed E-state index contributed by atoms with van der Waals surface area (Å²) in [7, 11) is 0. The summed E-state index contributed by atoms with van der Waals surface area (Å²) in [6.07, 6.45) is 1.36. The first kappa shape index (κ1) is 11.3. The van der Waals surface area contributed by atoms with Gasteiger partial charge >= 0.3 is 5.69 Å². The summed E-state index contributed by atoms with van der Waals surface area (Å²) in [6, 6.07) is 1.26. The van der Waals surface area contributed by atoms with Crippen molar-refractivity contribution in [2.45, 2.75) is 24.8 Å². The quantitative estimate of drug-likeness (QED) is 0.732. The molecule has 0 aliphatic carbocycles. The lowest BCUT2D eigenvalue weighted by atomic mass is 10.5. The Labute approximate surface area is 90.7 Å². The van der Waals surface area contributed by atoms with E-state index in [0.29, 0.717) is 0 Å². The molecule has 0 aliphatic rings. The molecule has 1 aromatic heterocycles. The molecule has 4 nitrogen and oxygen atoms in total. The van der Waals surface area contributed by atoms with E-state index in [-0.39, 0.29) is 0 Å². The van der Waals surface area contributed by atoms with Crippen LogP contribution in [0.1, 0.15) is 24.8 Å². The summed E-state index contributed by atoms with van der Waals surface area (Å²) in [5.41, 5.74) is -2.11. The van der Waals surface area contributed by atoms with E-state index in [4.69, 9.17) is 23.2 Å². The van der Waals surface area contributed by atoms with Crippen LogP contribution >= 0.6 is 23.2 Å². The van der Waals surface area contributed by atoms with Gasteiger partial charge in [0.25, 0.3) is 5.56 Å². The first-order chi connectivity index (χ1) is 6.45. The lowest BCUT2D eigenvalue weighted by Crippen LogP contribution is -2.39. The lowest BCUT2D eigenvalue weighted by Gasteiger charge is -2.12. The van der Waals surface area contributed by atoms with Gasteiger partial charge in [0, 0.05) is 12.3 Å². The van der Waals surface area contributed by atoms with E-state index in [2.05, 4.69) is 0 Å². The predicted molar refractivity (Wildman–Crippen MR) is 56.1 cm³/mol. The number of hydrogen-bond acceptors (Lipinski definition) is 2. The highest BCUT2D eigenvalue weighted by atomic mass is 35.5. The lowest BCUT2D eigenvalue weighted by molar-refractivity contribution is 0.563. The first-order valence-corrected chi connectivity index (χ1v) is 4.94. The molecular formula is C8H10Cl2N2O2. The molecule has 0 aliphatic heterocycles. The molecule has 6 heteroatoms. The average Bonchev–Trinajstić information content (AvgIpc) is 2.02. The minimum absolute atomic E-state index is 0.425. The molecule has 0 amide bonds. The highest BCUT2D eigenvalue weighted by Crippen LogP contribution is 2.07. The molecule has 14 heavy (non-hydrogen) atoms. The molecule has 1 heterocycles. The summed E-state index contributed by atoms with van der Waals surface area (Å²) in [5.74, 6) is 0. The number of alkyl halides is 2. The van der Waals surface area contributed by atoms with E-state index in [0.717, 1.165) is 4.57 Å². The standard InChI is InChI=1S/C8H10Cl2N2O2/c1-5(9)11-4-3-7(13)12(6(2)10)8(11)14/h3-6H,1-2H3. The Morgan fingerprint density at radius 1 is 1.21 bits per heavy atom. The van der Waals surface area contributed by atoms with Crippen LogP contribution in [-0.2, 0) is 0 Å². The van der Waals surface area contributed by atoms with Gasteiger partial charge in [-0.05, 0) is 13.8 Å². The molecule has 0 spiro atoms. The van der Waals surface area contributed by atoms with Crippen molar-refractivity contribution in [1.29, 1.82) is 0 Å².